The van der Waals surface area contributed by atoms with Crippen molar-refractivity contribution >= 4 is 0 Å². The van der Waals surface area contributed by atoms with E-state index in [4.69, 9.17) is 4.74 Å². The van der Waals surface area contributed by atoms with E-state index in [-0.39, 0.29) is 17.9 Å². The van der Waals surface area contributed by atoms with Crippen LogP contribution in [-0.2, 0) is 10.2 Å². The molecule has 0 spiro atoms. The van der Waals surface area contributed by atoms with Gasteiger partial charge in [0.25, 0.3) is 0 Å². The van der Waals surface area contributed by atoms with Gasteiger partial charge in [-0.05, 0) is 28.3 Å². The molecule has 2 aromatic rings. The van der Waals surface area contributed by atoms with Gasteiger partial charge in [0.1, 0.15) is 11.5 Å². The van der Waals surface area contributed by atoms with Gasteiger partial charge in [-0.15, -0.1) is 0 Å². The minimum absolute atomic E-state index is 0.110. The van der Waals surface area contributed by atoms with Crippen LogP contribution in [0.4, 0.5) is 0 Å². The number of nitriles is 1. The molecule has 1 aliphatic heterocycles. The molecule has 0 radical (unpaired) electrons. The zero-order valence-electron chi connectivity index (χ0n) is 11.4. The minimum Gasteiger partial charge on any atom is -0.497 e. The summed E-state index contributed by atoms with van der Waals surface area (Å²) in [5.74, 6) is 0.301. The van der Waals surface area contributed by atoms with Gasteiger partial charge in [0.15, 0.2) is 0 Å². The van der Waals surface area contributed by atoms with Crippen LogP contribution in [0, 0.1) is 17.2 Å². The lowest BCUT2D eigenvalue weighted by Gasteiger charge is -2.56. The van der Waals surface area contributed by atoms with Gasteiger partial charge >= 0.3 is 0 Å². The standard InChI is InChI=1S/C19H13NO/c20-11-19-15-8-4-3-6-13(15)12-5-1-2-7-14(12)17(19)18-16(19)9-10-21-18/h1-10,16-18H/t16?,17-,18?,19+/m1/s1. The molecule has 21 heavy (non-hydrogen) atoms. The molecule has 0 bridgehead atoms. The van der Waals surface area contributed by atoms with Crippen molar-refractivity contribution in [3.05, 3.63) is 72.0 Å². The van der Waals surface area contributed by atoms with Crippen molar-refractivity contribution in [1.29, 1.82) is 5.26 Å². The van der Waals surface area contributed by atoms with Gasteiger partial charge in [0.2, 0.25) is 0 Å². The van der Waals surface area contributed by atoms with Crippen LogP contribution in [-0.4, -0.2) is 6.10 Å². The average molecular weight is 271 g/mol. The maximum atomic E-state index is 10.1. The Morgan fingerprint density at radius 3 is 2.62 bits per heavy atom. The molecular weight excluding hydrogens is 258 g/mol. The van der Waals surface area contributed by atoms with Crippen LogP contribution in [0.15, 0.2) is 60.9 Å². The van der Waals surface area contributed by atoms with Crippen molar-refractivity contribution in [2.45, 2.75) is 17.4 Å². The molecule has 2 unspecified atom stereocenters. The van der Waals surface area contributed by atoms with Crippen LogP contribution in [0.2, 0.25) is 0 Å². The molecule has 1 heterocycles. The van der Waals surface area contributed by atoms with E-state index in [1.54, 1.807) is 6.26 Å². The van der Waals surface area contributed by atoms with Crippen molar-refractivity contribution in [2.24, 2.45) is 5.92 Å². The number of hydrogen-bond acceptors (Lipinski definition) is 2. The molecule has 5 rings (SSSR count). The third-order valence-electron chi connectivity index (χ3n) is 5.36. The molecule has 0 aromatic heterocycles. The second kappa shape index (κ2) is 3.56. The fourth-order valence-corrected chi connectivity index (χ4v) is 4.53. The van der Waals surface area contributed by atoms with Crippen LogP contribution in [0.25, 0.3) is 11.1 Å². The maximum Gasteiger partial charge on any atom is 0.115 e. The van der Waals surface area contributed by atoms with E-state index in [9.17, 15) is 5.26 Å². The Bertz CT molecular complexity index is 831. The van der Waals surface area contributed by atoms with E-state index < -0.39 is 5.41 Å². The quantitative estimate of drug-likeness (QED) is 0.731. The summed E-state index contributed by atoms with van der Waals surface area (Å²) < 4.78 is 5.79. The molecular formula is C19H13NO. The molecule has 2 aliphatic carbocycles. The smallest absolute Gasteiger partial charge is 0.115 e. The lowest BCUT2D eigenvalue weighted by atomic mass is 9.44. The zero-order valence-corrected chi connectivity index (χ0v) is 11.4. The molecule has 0 N–H and O–H groups in total. The summed E-state index contributed by atoms with van der Waals surface area (Å²) in [6, 6.07) is 19.4. The number of fused-ring (bicyclic) bond motifs is 9. The van der Waals surface area contributed by atoms with E-state index in [1.807, 2.05) is 6.07 Å². The van der Waals surface area contributed by atoms with Gasteiger partial charge in [-0.3, -0.25) is 0 Å². The highest BCUT2D eigenvalue weighted by molar-refractivity contribution is 5.79. The number of ether oxygens (including phenoxy) is 1. The van der Waals surface area contributed by atoms with Gasteiger partial charge in [0, 0.05) is 11.8 Å². The highest BCUT2D eigenvalue weighted by Gasteiger charge is 2.68. The fourth-order valence-electron chi connectivity index (χ4n) is 4.53. The van der Waals surface area contributed by atoms with Crippen LogP contribution in [0.1, 0.15) is 17.0 Å². The Morgan fingerprint density at radius 2 is 1.76 bits per heavy atom. The summed E-state index contributed by atoms with van der Waals surface area (Å²) in [4.78, 5) is 0. The summed E-state index contributed by atoms with van der Waals surface area (Å²) in [5, 5.41) is 10.1. The van der Waals surface area contributed by atoms with Gasteiger partial charge in [0.05, 0.1) is 12.3 Å². The first-order valence-corrected chi connectivity index (χ1v) is 7.30. The van der Waals surface area contributed by atoms with Crippen molar-refractivity contribution in [2.75, 3.05) is 0 Å². The Balaban J connectivity index is 1.89. The maximum absolute atomic E-state index is 10.1. The Labute approximate surface area is 123 Å². The van der Waals surface area contributed by atoms with Crippen LogP contribution >= 0.6 is 0 Å². The minimum atomic E-state index is -0.470. The van der Waals surface area contributed by atoms with Crippen LogP contribution < -0.4 is 0 Å². The number of benzene rings is 2. The predicted molar refractivity (Wildman–Crippen MR) is 79.4 cm³/mol. The first kappa shape index (κ1) is 11.2. The van der Waals surface area contributed by atoms with Crippen LogP contribution in [0.3, 0.4) is 0 Å². The third kappa shape index (κ3) is 1.07. The predicted octanol–water partition coefficient (Wildman–Crippen LogP) is 3.75. The second-order valence-corrected chi connectivity index (χ2v) is 6.05. The van der Waals surface area contributed by atoms with Gasteiger partial charge < -0.3 is 4.74 Å². The largest absolute Gasteiger partial charge is 0.497 e. The van der Waals surface area contributed by atoms with Crippen LogP contribution in [0.5, 0.6) is 0 Å². The first-order valence-electron chi connectivity index (χ1n) is 7.30. The molecule has 1 saturated carbocycles. The Kier molecular flexibility index (Phi) is 1.89. The van der Waals surface area contributed by atoms with Gasteiger partial charge in [-0.1, -0.05) is 48.5 Å². The van der Waals surface area contributed by atoms with Crippen molar-refractivity contribution in [1.82, 2.24) is 0 Å². The Hall–Kier alpha value is -2.53. The summed E-state index contributed by atoms with van der Waals surface area (Å²) in [6.45, 7) is 0. The fraction of sp³-hybridized carbons (Fsp3) is 0.211. The molecule has 2 nitrogen and oxygen atoms in total. The molecule has 0 saturated heterocycles. The van der Waals surface area contributed by atoms with Gasteiger partial charge in [-0.25, -0.2) is 0 Å². The topological polar surface area (TPSA) is 33.0 Å². The average Bonchev–Trinajstić information content (AvgIpc) is 2.95. The van der Waals surface area contributed by atoms with E-state index in [0.29, 0.717) is 0 Å². The number of rotatable bonds is 0. The van der Waals surface area contributed by atoms with Crippen molar-refractivity contribution in [3.8, 4) is 17.2 Å². The lowest BCUT2D eigenvalue weighted by Crippen LogP contribution is -2.60. The molecule has 0 amide bonds. The summed E-state index contributed by atoms with van der Waals surface area (Å²) >= 11 is 0. The highest BCUT2D eigenvalue weighted by atomic mass is 16.5. The van der Waals surface area contributed by atoms with Gasteiger partial charge in [-0.2, -0.15) is 5.26 Å². The summed E-state index contributed by atoms with van der Waals surface area (Å²) in [6.07, 6.45) is 3.95. The second-order valence-electron chi connectivity index (χ2n) is 6.05. The molecule has 4 atom stereocenters. The summed E-state index contributed by atoms with van der Waals surface area (Å²) in [5.41, 5.74) is 4.39. The number of hydrogen-bond donors (Lipinski definition) is 0. The molecule has 100 valence electrons. The molecule has 2 heteroatoms. The Morgan fingerprint density at radius 1 is 1.00 bits per heavy atom. The van der Waals surface area contributed by atoms with E-state index in [0.717, 1.165) is 5.56 Å². The van der Waals surface area contributed by atoms with Crippen molar-refractivity contribution in [3.63, 3.8) is 0 Å². The zero-order chi connectivity index (χ0) is 14.0. The monoisotopic (exact) mass is 271 g/mol. The highest BCUT2D eigenvalue weighted by Crippen LogP contribution is 2.66. The third-order valence-corrected chi connectivity index (χ3v) is 5.36. The van der Waals surface area contributed by atoms with E-state index in [1.165, 1.54) is 16.7 Å². The lowest BCUT2D eigenvalue weighted by molar-refractivity contribution is -0.0211. The SMILES string of the molecule is N#C[C@@]12c3ccccc3-c3ccccc3[C@@H]1C1OC=CC12. The van der Waals surface area contributed by atoms with E-state index in [2.05, 4.69) is 54.6 Å². The van der Waals surface area contributed by atoms with Crippen molar-refractivity contribution < 1.29 is 4.74 Å². The molecule has 1 fully saturated rings. The summed E-state index contributed by atoms with van der Waals surface area (Å²) in [7, 11) is 0. The first-order chi connectivity index (χ1) is 10.4. The normalized spacial score (nSPS) is 33.6. The molecule has 2 aromatic carbocycles. The van der Waals surface area contributed by atoms with E-state index >= 15 is 0 Å². The number of nitrogens with zero attached hydrogens (tertiary/aromatic N) is 1. The molecule has 3 aliphatic rings.